The van der Waals surface area contributed by atoms with Crippen LogP contribution in [0.1, 0.15) is 45.4 Å². The molecule has 1 atom stereocenters. The predicted molar refractivity (Wildman–Crippen MR) is 111 cm³/mol. The average Bonchev–Trinajstić information content (AvgIpc) is 3.45. The van der Waals surface area contributed by atoms with Crippen molar-refractivity contribution in [2.24, 2.45) is 0 Å². The molecule has 5 rings (SSSR count). The molecule has 1 aliphatic heterocycles. The molecule has 4 aromatic rings. The second-order valence-corrected chi connectivity index (χ2v) is 7.28. The molecule has 1 aliphatic rings. The van der Waals surface area contributed by atoms with Crippen LogP contribution in [0.2, 0.25) is 0 Å². The van der Waals surface area contributed by atoms with Crippen LogP contribution < -0.4 is 5.32 Å². The third-order valence-corrected chi connectivity index (χ3v) is 5.63. The summed E-state index contributed by atoms with van der Waals surface area (Å²) >= 11 is 0. The van der Waals surface area contributed by atoms with Gasteiger partial charge in [0.05, 0.1) is 17.9 Å². The van der Waals surface area contributed by atoms with E-state index in [2.05, 4.69) is 20.4 Å². The Morgan fingerprint density at radius 3 is 2.80 bits per heavy atom. The van der Waals surface area contributed by atoms with Crippen molar-refractivity contribution in [3.8, 4) is 0 Å². The molecule has 8 nitrogen and oxygen atoms in total. The van der Waals surface area contributed by atoms with E-state index in [0.29, 0.717) is 23.4 Å². The topological polar surface area (TPSA) is 92.5 Å². The zero-order valence-electron chi connectivity index (χ0n) is 16.4. The number of aromatic nitrogens is 4. The van der Waals surface area contributed by atoms with Crippen LogP contribution in [-0.2, 0) is 0 Å². The first-order valence-corrected chi connectivity index (χ1v) is 9.88. The van der Waals surface area contributed by atoms with Gasteiger partial charge < -0.3 is 10.2 Å². The van der Waals surface area contributed by atoms with Crippen LogP contribution in [0.15, 0.2) is 55.0 Å². The summed E-state index contributed by atoms with van der Waals surface area (Å²) in [6.07, 6.45) is 6.54. The van der Waals surface area contributed by atoms with Crippen molar-refractivity contribution in [3.05, 3.63) is 71.9 Å². The van der Waals surface area contributed by atoms with Crippen LogP contribution in [0.4, 0.5) is 0 Å². The highest BCUT2D eigenvalue weighted by Crippen LogP contribution is 2.34. The number of carbonyl (C=O) groups excluding carboxylic acids is 2. The van der Waals surface area contributed by atoms with E-state index in [4.69, 9.17) is 0 Å². The van der Waals surface area contributed by atoms with Gasteiger partial charge in [0.2, 0.25) is 0 Å². The molecule has 0 aliphatic carbocycles. The molecule has 2 amide bonds. The number of nitrogens with one attached hydrogen (secondary N) is 1. The van der Waals surface area contributed by atoms with Gasteiger partial charge in [0.1, 0.15) is 11.3 Å². The van der Waals surface area contributed by atoms with Gasteiger partial charge in [-0.25, -0.2) is 9.50 Å². The van der Waals surface area contributed by atoms with Crippen molar-refractivity contribution in [1.29, 1.82) is 0 Å². The molecular weight excluding hydrogens is 380 g/mol. The fourth-order valence-corrected chi connectivity index (χ4v) is 4.20. The van der Waals surface area contributed by atoms with Gasteiger partial charge in [-0.3, -0.25) is 14.6 Å². The summed E-state index contributed by atoms with van der Waals surface area (Å²) in [6, 6.07) is 11.4. The molecule has 1 aromatic carbocycles. The smallest absolute Gasteiger partial charge is 0.273 e. The van der Waals surface area contributed by atoms with E-state index < -0.39 is 0 Å². The lowest BCUT2D eigenvalue weighted by molar-refractivity contribution is 0.0727. The standard InChI is InChI=1S/C22H20N6O2/c1-23-21(29)16-13-26-28-18(9-11-25-20(16)28)17-7-4-12-27(17)22(30)19-15-6-3-2-5-14(15)8-10-24-19/h2-3,5-6,8-11,13,17H,4,7,12H2,1H3,(H,23,29)/t17-/m1/s1. The minimum atomic E-state index is -0.242. The molecule has 0 unspecified atom stereocenters. The molecule has 8 heteroatoms. The molecule has 0 bridgehead atoms. The monoisotopic (exact) mass is 400 g/mol. The minimum absolute atomic E-state index is 0.0991. The summed E-state index contributed by atoms with van der Waals surface area (Å²) in [7, 11) is 1.57. The highest BCUT2D eigenvalue weighted by Gasteiger charge is 2.34. The molecular formula is C22H20N6O2. The summed E-state index contributed by atoms with van der Waals surface area (Å²) in [4.78, 5) is 36.2. The molecule has 1 fully saturated rings. The van der Waals surface area contributed by atoms with Crippen molar-refractivity contribution in [1.82, 2.24) is 29.8 Å². The fourth-order valence-electron chi connectivity index (χ4n) is 4.20. The lowest BCUT2D eigenvalue weighted by Gasteiger charge is -2.25. The van der Waals surface area contributed by atoms with E-state index in [9.17, 15) is 9.59 Å². The molecule has 1 N–H and O–H groups in total. The molecule has 30 heavy (non-hydrogen) atoms. The Balaban J connectivity index is 1.57. The van der Waals surface area contributed by atoms with Crippen molar-refractivity contribution in [2.45, 2.75) is 18.9 Å². The molecule has 0 radical (unpaired) electrons. The number of pyridine rings is 1. The van der Waals surface area contributed by atoms with Gasteiger partial charge in [0.15, 0.2) is 5.65 Å². The third-order valence-electron chi connectivity index (χ3n) is 5.63. The Morgan fingerprint density at radius 2 is 1.93 bits per heavy atom. The highest BCUT2D eigenvalue weighted by molar-refractivity contribution is 6.05. The van der Waals surface area contributed by atoms with Crippen LogP contribution in [0, 0.1) is 0 Å². The first kappa shape index (κ1) is 18.2. The molecule has 0 spiro atoms. The molecule has 1 saturated heterocycles. The normalized spacial score (nSPS) is 16.3. The number of likely N-dealkylation sites (tertiary alicyclic amines) is 1. The fraction of sp³-hybridized carbons (Fsp3) is 0.227. The largest absolute Gasteiger partial charge is 0.355 e. The average molecular weight is 400 g/mol. The molecule has 0 saturated carbocycles. The van der Waals surface area contributed by atoms with Crippen LogP contribution >= 0.6 is 0 Å². The third kappa shape index (κ3) is 2.80. The van der Waals surface area contributed by atoms with Crippen molar-refractivity contribution < 1.29 is 9.59 Å². The van der Waals surface area contributed by atoms with Gasteiger partial charge in [-0.05, 0) is 30.4 Å². The van der Waals surface area contributed by atoms with E-state index >= 15 is 0 Å². The summed E-state index contributed by atoms with van der Waals surface area (Å²) in [5.74, 6) is -0.341. The van der Waals surface area contributed by atoms with E-state index in [-0.39, 0.29) is 17.9 Å². The minimum Gasteiger partial charge on any atom is -0.355 e. The van der Waals surface area contributed by atoms with E-state index in [1.165, 1.54) is 6.20 Å². The van der Waals surface area contributed by atoms with Gasteiger partial charge >= 0.3 is 0 Å². The number of rotatable bonds is 3. The Labute approximate surface area is 172 Å². The first-order chi connectivity index (χ1) is 14.7. The highest BCUT2D eigenvalue weighted by atomic mass is 16.2. The number of amides is 2. The maximum atomic E-state index is 13.5. The lowest BCUT2D eigenvalue weighted by Crippen LogP contribution is -2.32. The second kappa shape index (κ2) is 7.22. The predicted octanol–water partition coefficient (Wildman–Crippen LogP) is 2.61. The quantitative estimate of drug-likeness (QED) is 0.571. The van der Waals surface area contributed by atoms with E-state index in [0.717, 1.165) is 29.3 Å². The first-order valence-electron chi connectivity index (χ1n) is 9.88. The Bertz CT molecular complexity index is 1280. The summed E-state index contributed by atoms with van der Waals surface area (Å²) in [5.41, 5.74) is 2.18. The Kier molecular flexibility index (Phi) is 4.39. The van der Waals surface area contributed by atoms with Crippen molar-refractivity contribution in [2.75, 3.05) is 13.6 Å². The zero-order valence-corrected chi connectivity index (χ0v) is 16.4. The van der Waals surface area contributed by atoms with Gasteiger partial charge in [-0.2, -0.15) is 5.10 Å². The van der Waals surface area contributed by atoms with Gasteiger partial charge in [-0.1, -0.05) is 24.3 Å². The van der Waals surface area contributed by atoms with Crippen LogP contribution in [-0.4, -0.2) is 49.9 Å². The van der Waals surface area contributed by atoms with E-state index in [1.807, 2.05) is 41.3 Å². The number of hydrogen-bond acceptors (Lipinski definition) is 5. The molecule has 150 valence electrons. The molecule has 3 aromatic heterocycles. The van der Waals surface area contributed by atoms with Gasteiger partial charge in [-0.15, -0.1) is 0 Å². The summed E-state index contributed by atoms with van der Waals surface area (Å²) in [5, 5.41) is 8.83. The van der Waals surface area contributed by atoms with Crippen molar-refractivity contribution in [3.63, 3.8) is 0 Å². The number of benzene rings is 1. The Morgan fingerprint density at radius 1 is 1.10 bits per heavy atom. The maximum absolute atomic E-state index is 13.5. The Hall–Kier alpha value is -3.81. The molecule has 4 heterocycles. The number of fused-ring (bicyclic) bond motifs is 2. The SMILES string of the molecule is CNC(=O)c1cnn2c([C@H]3CCCN3C(=O)c3nccc4ccccc34)ccnc12. The lowest BCUT2D eigenvalue weighted by atomic mass is 10.1. The van der Waals surface area contributed by atoms with Gasteiger partial charge in [0, 0.05) is 31.4 Å². The summed E-state index contributed by atoms with van der Waals surface area (Å²) in [6.45, 7) is 0.641. The van der Waals surface area contributed by atoms with Crippen molar-refractivity contribution >= 4 is 28.2 Å². The van der Waals surface area contributed by atoms with Gasteiger partial charge in [0.25, 0.3) is 11.8 Å². The van der Waals surface area contributed by atoms with E-state index in [1.54, 1.807) is 24.0 Å². The van der Waals surface area contributed by atoms with Crippen LogP contribution in [0.3, 0.4) is 0 Å². The number of carbonyl (C=O) groups is 2. The number of hydrogen-bond donors (Lipinski definition) is 1. The summed E-state index contributed by atoms with van der Waals surface area (Å²) < 4.78 is 1.66. The van der Waals surface area contributed by atoms with Crippen LogP contribution in [0.5, 0.6) is 0 Å². The zero-order chi connectivity index (χ0) is 20.7. The number of nitrogens with zero attached hydrogens (tertiary/aromatic N) is 5. The second-order valence-electron chi connectivity index (χ2n) is 7.28. The van der Waals surface area contributed by atoms with Crippen LogP contribution in [0.25, 0.3) is 16.4 Å². The maximum Gasteiger partial charge on any atom is 0.273 e.